The molecule has 0 aromatic heterocycles. The fraction of sp³-hybridized carbons (Fsp3) is 0.455. The normalized spacial score (nSPS) is 20.4. The van der Waals surface area contributed by atoms with Crippen molar-refractivity contribution in [3.05, 3.63) is 24.2 Å². The minimum Gasteiger partial charge on any atom is -0.326 e. The molecular weight excluding hydrogens is 174 g/mol. The molecule has 2 aliphatic heterocycles. The van der Waals surface area contributed by atoms with Crippen LogP contribution in [0.4, 0.5) is 0 Å². The third-order valence-electron chi connectivity index (χ3n) is 2.47. The van der Waals surface area contributed by atoms with E-state index in [0.717, 1.165) is 12.4 Å². The Balaban J connectivity index is 2.28. The summed E-state index contributed by atoms with van der Waals surface area (Å²) >= 11 is 0. The van der Waals surface area contributed by atoms with Gasteiger partial charge >= 0.3 is 0 Å². The van der Waals surface area contributed by atoms with Crippen LogP contribution in [-0.4, -0.2) is 23.5 Å². The largest absolute Gasteiger partial charge is 0.326 e. The first kappa shape index (κ1) is 9.19. The standard InChI is InChI=1S/C11H15N3/c1-11(2,3)9-6-13-10-7-12-4-5-14(10)8-9/h4-7H,8H2,1-3H3. The Morgan fingerprint density at radius 2 is 2.14 bits per heavy atom. The van der Waals surface area contributed by atoms with Gasteiger partial charge in [0, 0.05) is 25.1 Å². The molecule has 0 atom stereocenters. The first-order chi connectivity index (χ1) is 6.57. The second-order valence-corrected chi connectivity index (χ2v) is 4.60. The summed E-state index contributed by atoms with van der Waals surface area (Å²) in [6.07, 6.45) is 7.52. The molecule has 74 valence electrons. The van der Waals surface area contributed by atoms with Gasteiger partial charge in [-0.25, -0.2) is 4.99 Å². The van der Waals surface area contributed by atoms with Gasteiger partial charge in [0.05, 0.1) is 6.21 Å². The van der Waals surface area contributed by atoms with Gasteiger partial charge in [0.1, 0.15) is 0 Å². The Bertz CT molecular complexity index is 353. The van der Waals surface area contributed by atoms with Gasteiger partial charge in [-0.05, 0) is 11.0 Å². The highest BCUT2D eigenvalue weighted by Crippen LogP contribution is 2.28. The maximum absolute atomic E-state index is 4.38. The highest BCUT2D eigenvalue weighted by atomic mass is 15.2. The molecule has 3 nitrogen and oxygen atoms in total. The van der Waals surface area contributed by atoms with Gasteiger partial charge < -0.3 is 4.90 Å². The molecule has 0 aromatic rings. The minimum atomic E-state index is 0.192. The third-order valence-corrected chi connectivity index (χ3v) is 2.47. The van der Waals surface area contributed by atoms with E-state index in [4.69, 9.17) is 0 Å². The average molecular weight is 189 g/mol. The molecule has 0 saturated carbocycles. The zero-order valence-corrected chi connectivity index (χ0v) is 8.86. The molecule has 2 rings (SSSR count). The summed E-state index contributed by atoms with van der Waals surface area (Å²) in [6, 6.07) is 0. The molecule has 2 heterocycles. The lowest BCUT2D eigenvalue weighted by atomic mass is 9.86. The fourth-order valence-electron chi connectivity index (χ4n) is 1.42. The number of nitrogens with zero attached hydrogens (tertiary/aromatic N) is 3. The number of amidine groups is 1. The number of hydrogen-bond acceptors (Lipinski definition) is 3. The number of hydrogen-bond donors (Lipinski definition) is 0. The van der Waals surface area contributed by atoms with E-state index in [2.05, 4.69) is 35.7 Å². The molecule has 0 fully saturated rings. The van der Waals surface area contributed by atoms with Gasteiger partial charge in [-0.15, -0.1) is 0 Å². The number of aliphatic imine (C=N–C) groups is 2. The monoisotopic (exact) mass is 189 g/mol. The van der Waals surface area contributed by atoms with Gasteiger partial charge in [0.2, 0.25) is 0 Å². The predicted molar refractivity (Wildman–Crippen MR) is 59.3 cm³/mol. The Kier molecular flexibility index (Phi) is 2.02. The lowest BCUT2D eigenvalue weighted by Crippen LogP contribution is -2.35. The van der Waals surface area contributed by atoms with Crippen LogP contribution in [0.25, 0.3) is 0 Å². The molecule has 0 bridgehead atoms. The second kappa shape index (κ2) is 3.08. The van der Waals surface area contributed by atoms with E-state index >= 15 is 0 Å². The number of fused-ring (bicyclic) bond motifs is 1. The van der Waals surface area contributed by atoms with E-state index in [0.29, 0.717) is 0 Å². The summed E-state index contributed by atoms with van der Waals surface area (Å²) in [4.78, 5) is 10.5. The van der Waals surface area contributed by atoms with Crippen molar-refractivity contribution in [3.8, 4) is 0 Å². The maximum atomic E-state index is 4.38. The molecule has 0 N–H and O–H groups in total. The first-order valence-electron chi connectivity index (χ1n) is 4.81. The smallest absolute Gasteiger partial charge is 0.151 e. The Morgan fingerprint density at radius 3 is 2.86 bits per heavy atom. The highest BCUT2D eigenvalue weighted by molar-refractivity contribution is 6.30. The van der Waals surface area contributed by atoms with Crippen molar-refractivity contribution in [2.75, 3.05) is 6.54 Å². The first-order valence-corrected chi connectivity index (χ1v) is 4.81. The van der Waals surface area contributed by atoms with E-state index in [1.54, 1.807) is 12.4 Å². The van der Waals surface area contributed by atoms with Crippen LogP contribution in [-0.2, 0) is 0 Å². The zero-order valence-electron chi connectivity index (χ0n) is 8.86. The Hall–Kier alpha value is -1.38. The molecule has 0 amide bonds. The summed E-state index contributed by atoms with van der Waals surface area (Å²) in [5.41, 5.74) is 1.54. The van der Waals surface area contributed by atoms with Crippen LogP contribution in [0.3, 0.4) is 0 Å². The molecule has 0 spiro atoms. The topological polar surface area (TPSA) is 28.0 Å². The van der Waals surface area contributed by atoms with Crippen molar-refractivity contribution in [1.82, 2.24) is 4.90 Å². The van der Waals surface area contributed by atoms with E-state index in [9.17, 15) is 0 Å². The second-order valence-electron chi connectivity index (χ2n) is 4.60. The van der Waals surface area contributed by atoms with Crippen LogP contribution >= 0.6 is 0 Å². The van der Waals surface area contributed by atoms with E-state index in [-0.39, 0.29) is 5.41 Å². The fourth-order valence-corrected chi connectivity index (χ4v) is 1.42. The van der Waals surface area contributed by atoms with Crippen LogP contribution in [0, 0.1) is 5.41 Å². The Labute approximate surface area is 84.5 Å². The highest BCUT2D eigenvalue weighted by Gasteiger charge is 2.23. The third kappa shape index (κ3) is 1.62. The maximum Gasteiger partial charge on any atom is 0.151 e. The molecule has 0 saturated heterocycles. The quantitative estimate of drug-likeness (QED) is 0.574. The Morgan fingerprint density at radius 1 is 1.36 bits per heavy atom. The molecule has 0 radical (unpaired) electrons. The van der Waals surface area contributed by atoms with Gasteiger partial charge in [0.25, 0.3) is 0 Å². The molecule has 0 aromatic carbocycles. The number of rotatable bonds is 0. The van der Waals surface area contributed by atoms with Crippen LogP contribution in [0.15, 0.2) is 34.2 Å². The van der Waals surface area contributed by atoms with Crippen molar-refractivity contribution in [1.29, 1.82) is 0 Å². The lowest BCUT2D eigenvalue weighted by Gasteiger charge is -2.31. The van der Waals surface area contributed by atoms with Crippen molar-refractivity contribution < 1.29 is 0 Å². The van der Waals surface area contributed by atoms with Gasteiger partial charge in [-0.3, -0.25) is 4.99 Å². The van der Waals surface area contributed by atoms with Gasteiger partial charge in [0.15, 0.2) is 5.84 Å². The molecule has 3 heteroatoms. The lowest BCUT2D eigenvalue weighted by molar-refractivity contribution is 0.443. The molecule has 2 aliphatic rings. The van der Waals surface area contributed by atoms with E-state index < -0.39 is 0 Å². The molecular formula is C11H15N3. The van der Waals surface area contributed by atoms with Gasteiger partial charge in [-0.1, -0.05) is 20.8 Å². The summed E-state index contributed by atoms with van der Waals surface area (Å²) in [5, 5.41) is 0. The zero-order chi connectivity index (χ0) is 10.2. The summed E-state index contributed by atoms with van der Waals surface area (Å²) in [6.45, 7) is 7.55. The predicted octanol–water partition coefficient (Wildman–Crippen LogP) is 2.19. The van der Waals surface area contributed by atoms with E-state index in [1.165, 1.54) is 5.57 Å². The summed E-state index contributed by atoms with van der Waals surface area (Å²) in [7, 11) is 0. The van der Waals surface area contributed by atoms with Crippen LogP contribution in [0.5, 0.6) is 0 Å². The van der Waals surface area contributed by atoms with Crippen LogP contribution in [0.2, 0.25) is 0 Å². The molecule has 0 aliphatic carbocycles. The van der Waals surface area contributed by atoms with Crippen molar-refractivity contribution in [2.24, 2.45) is 15.4 Å². The van der Waals surface area contributed by atoms with E-state index in [1.807, 2.05) is 12.4 Å². The SMILES string of the molecule is CC(C)(C)C1=CN=C2C=NC=CN2C1. The van der Waals surface area contributed by atoms with Crippen LogP contribution < -0.4 is 0 Å². The van der Waals surface area contributed by atoms with Crippen molar-refractivity contribution in [3.63, 3.8) is 0 Å². The van der Waals surface area contributed by atoms with Crippen LogP contribution in [0.1, 0.15) is 20.8 Å². The van der Waals surface area contributed by atoms with Crippen molar-refractivity contribution >= 4 is 12.1 Å². The average Bonchev–Trinajstić information content (AvgIpc) is 2.16. The summed E-state index contributed by atoms with van der Waals surface area (Å²) in [5.74, 6) is 0.931. The molecule has 14 heavy (non-hydrogen) atoms. The van der Waals surface area contributed by atoms with Crippen molar-refractivity contribution in [2.45, 2.75) is 20.8 Å². The van der Waals surface area contributed by atoms with Gasteiger partial charge in [-0.2, -0.15) is 0 Å². The summed E-state index contributed by atoms with van der Waals surface area (Å²) < 4.78 is 0. The molecule has 0 unspecified atom stereocenters. The minimum absolute atomic E-state index is 0.192.